The molecule has 6 nitrogen and oxygen atoms in total. The van der Waals surface area contributed by atoms with Crippen molar-refractivity contribution in [3.05, 3.63) is 18.0 Å². The monoisotopic (exact) mass is 319 g/mol. The van der Waals surface area contributed by atoms with E-state index in [0.29, 0.717) is 5.41 Å². The van der Waals surface area contributed by atoms with E-state index in [0.717, 1.165) is 58.3 Å². The van der Waals surface area contributed by atoms with E-state index in [1.807, 2.05) is 10.9 Å². The average Bonchev–Trinajstić information content (AvgIpc) is 3.26. The van der Waals surface area contributed by atoms with Crippen LogP contribution in [0.5, 0.6) is 0 Å². The minimum Gasteiger partial charge on any atom is -0.381 e. The molecule has 6 heteroatoms. The van der Waals surface area contributed by atoms with Crippen molar-refractivity contribution in [3.8, 4) is 0 Å². The van der Waals surface area contributed by atoms with Crippen LogP contribution in [0.2, 0.25) is 0 Å². The summed E-state index contributed by atoms with van der Waals surface area (Å²) in [5.74, 6) is 1.06. The fourth-order valence-electron chi connectivity index (χ4n) is 3.52. The number of aryl methyl sites for hydroxylation is 2. The zero-order chi connectivity index (χ0) is 16.1. The molecule has 0 aliphatic carbocycles. The Hall–Kier alpha value is -1.56. The van der Waals surface area contributed by atoms with Crippen molar-refractivity contribution >= 4 is 5.96 Å². The minimum atomic E-state index is 0.378. The second kappa shape index (κ2) is 7.34. The molecule has 1 atom stereocenters. The fourth-order valence-corrected chi connectivity index (χ4v) is 3.52. The number of ether oxygens (including phenoxy) is 1. The third-order valence-corrected chi connectivity index (χ3v) is 4.83. The van der Waals surface area contributed by atoms with Gasteiger partial charge in [-0.1, -0.05) is 0 Å². The first-order valence-corrected chi connectivity index (χ1v) is 8.81. The smallest absolute Gasteiger partial charge is 0.193 e. The number of aliphatic imine (C=N–C) groups is 1. The molecule has 0 radical (unpaired) electrons. The van der Waals surface area contributed by atoms with E-state index in [1.54, 1.807) is 0 Å². The molecule has 2 aliphatic rings. The van der Waals surface area contributed by atoms with Crippen molar-refractivity contribution in [3.63, 3.8) is 0 Å². The molecule has 0 saturated carbocycles. The molecule has 3 rings (SSSR count). The van der Waals surface area contributed by atoms with Gasteiger partial charge in [0, 0.05) is 50.9 Å². The number of rotatable bonds is 5. The predicted octanol–water partition coefficient (Wildman–Crippen LogP) is 1.66. The summed E-state index contributed by atoms with van der Waals surface area (Å²) in [6, 6.07) is 0. The third kappa shape index (κ3) is 4.05. The summed E-state index contributed by atoms with van der Waals surface area (Å²) >= 11 is 0. The maximum Gasteiger partial charge on any atom is 0.193 e. The molecule has 0 amide bonds. The van der Waals surface area contributed by atoms with E-state index in [9.17, 15) is 0 Å². The highest BCUT2D eigenvalue weighted by Gasteiger charge is 2.42. The Morgan fingerprint density at radius 3 is 3.09 bits per heavy atom. The Labute approximate surface area is 138 Å². The lowest BCUT2D eigenvalue weighted by atomic mass is 9.87. The summed E-state index contributed by atoms with van der Waals surface area (Å²) in [7, 11) is 0. The van der Waals surface area contributed by atoms with Crippen molar-refractivity contribution in [2.24, 2.45) is 10.4 Å². The maximum atomic E-state index is 5.62. The highest BCUT2D eigenvalue weighted by molar-refractivity contribution is 5.80. The summed E-state index contributed by atoms with van der Waals surface area (Å²) in [6.07, 6.45) is 7.42. The van der Waals surface area contributed by atoms with E-state index < -0.39 is 0 Å². The van der Waals surface area contributed by atoms with Gasteiger partial charge in [0.25, 0.3) is 0 Å². The molecule has 1 aromatic rings. The van der Waals surface area contributed by atoms with E-state index >= 15 is 0 Å². The number of aromatic nitrogens is 2. The molecular weight excluding hydrogens is 290 g/mol. The van der Waals surface area contributed by atoms with Crippen LogP contribution in [0.15, 0.2) is 17.4 Å². The Morgan fingerprint density at radius 1 is 1.48 bits per heavy atom. The van der Waals surface area contributed by atoms with Gasteiger partial charge >= 0.3 is 0 Å². The molecule has 2 saturated heterocycles. The molecule has 2 aliphatic heterocycles. The van der Waals surface area contributed by atoms with Gasteiger partial charge in [-0.25, -0.2) is 0 Å². The van der Waals surface area contributed by atoms with Crippen molar-refractivity contribution in [1.82, 2.24) is 20.0 Å². The third-order valence-electron chi connectivity index (χ3n) is 4.83. The van der Waals surface area contributed by atoms with Crippen molar-refractivity contribution in [1.29, 1.82) is 0 Å². The van der Waals surface area contributed by atoms with Crippen molar-refractivity contribution in [2.75, 3.05) is 39.4 Å². The normalized spacial score (nSPS) is 24.8. The second-order valence-corrected chi connectivity index (χ2v) is 6.84. The minimum absolute atomic E-state index is 0.378. The number of likely N-dealkylation sites (tertiary alicyclic amines) is 1. The Morgan fingerprint density at radius 2 is 2.39 bits per heavy atom. The van der Waals surface area contributed by atoms with Gasteiger partial charge in [-0.3, -0.25) is 9.67 Å². The summed E-state index contributed by atoms with van der Waals surface area (Å²) in [5, 5.41) is 7.77. The molecule has 1 spiro atoms. The molecule has 1 N–H and O–H groups in total. The molecule has 1 unspecified atom stereocenters. The Bertz CT molecular complexity index is 533. The molecule has 23 heavy (non-hydrogen) atoms. The number of hydrogen-bond acceptors (Lipinski definition) is 3. The second-order valence-electron chi connectivity index (χ2n) is 6.84. The molecule has 0 bridgehead atoms. The zero-order valence-corrected chi connectivity index (χ0v) is 14.4. The zero-order valence-electron chi connectivity index (χ0n) is 14.4. The Balaban J connectivity index is 1.51. The lowest BCUT2D eigenvalue weighted by Gasteiger charge is -2.25. The quantitative estimate of drug-likeness (QED) is 0.509. The van der Waals surface area contributed by atoms with Gasteiger partial charge in [0.15, 0.2) is 5.96 Å². The number of hydrogen-bond donors (Lipinski definition) is 1. The first-order valence-electron chi connectivity index (χ1n) is 8.81. The van der Waals surface area contributed by atoms with Crippen LogP contribution in [0, 0.1) is 12.3 Å². The van der Waals surface area contributed by atoms with Gasteiger partial charge in [-0.15, -0.1) is 0 Å². The van der Waals surface area contributed by atoms with Crippen LogP contribution >= 0.6 is 0 Å². The van der Waals surface area contributed by atoms with Gasteiger partial charge < -0.3 is 15.0 Å². The first-order chi connectivity index (χ1) is 11.2. The van der Waals surface area contributed by atoms with Crippen LogP contribution in [0.25, 0.3) is 0 Å². The lowest BCUT2D eigenvalue weighted by Crippen LogP contribution is -2.41. The summed E-state index contributed by atoms with van der Waals surface area (Å²) in [5.41, 5.74) is 1.59. The molecule has 128 valence electrons. The highest BCUT2D eigenvalue weighted by Crippen LogP contribution is 2.38. The molecular formula is C17H29N5O. The summed E-state index contributed by atoms with van der Waals surface area (Å²) in [4.78, 5) is 7.23. The molecule has 0 aromatic carbocycles. The van der Waals surface area contributed by atoms with Crippen LogP contribution < -0.4 is 5.32 Å². The van der Waals surface area contributed by atoms with E-state index in [2.05, 4.69) is 35.4 Å². The van der Waals surface area contributed by atoms with Crippen molar-refractivity contribution in [2.45, 2.75) is 39.7 Å². The van der Waals surface area contributed by atoms with E-state index in [-0.39, 0.29) is 0 Å². The first kappa shape index (κ1) is 16.3. The maximum absolute atomic E-state index is 5.62. The lowest BCUT2D eigenvalue weighted by molar-refractivity contribution is 0.156. The predicted molar refractivity (Wildman–Crippen MR) is 91.6 cm³/mol. The summed E-state index contributed by atoms with van der Waals surface area (Å²) in [6.45, 7) is 10.9. The van der Waals surface area contributed by atoms with Crippen LogP contribution in [-0.4, -0.2) is 60.0 Å². The van der Waals surface area contributed by atoms with Crippen LogP contribution in [-0.2, 0) is 11.3 Å². The molecule has 1 aromatic heterocycles. The van der Waals surface area contributed by atoms with Crippen LogP contribution in [0.1, 0.15) is 31.7 Å². The average molecular weight is 319 g/mol. The topological polar surface area (TPSA) is 54.7 Å². The highest BCUT2D eigenvalue weighted by atomic mass is 16.5. The van der Waals surface area contributed by atoms with E-state index in [1.165, 1.54) is 18.4 Å². The largest absolute Gasteiger partial charge is 0.381 e. The van der Waals surface area contributed by atoms with E-state index in [4.69, 9.17) is 9.73 Å². The number of nitrogens with zero attached hydrogens (tertiary/aromatic N) is 4. The van der Waals surface area contributed by atoms with Crippen LogP contribution in [0.4, 0.5) is 0 Å². The van der Waals surface area contributed by atoms with Gasteiger partial charge in [-0.2, -0.15) is 5.10 Å². The van der Waals surface area contributed by atoms with Crippen molar-refractivity contribution < 1.29 is 4.74 Å². The van der Waals surface area contributed by atoms with Gasteiger partial charge in [0.1, 0.15) is 0 Å². The standard InChI is InChI=1S/C17H29N5O/c1-3-18-16(19-7-4-8-22-12-15(2)11-20-22)21-9-5-17(13-21)6-10-23-14-17/h11-12H,3-10,13-14H2,1-2H3,(H,18,19). The molecule has 3 heterocycles. The van der Waals surface area contributed by atoms with Crippen LogP contribution in [0.3, 0.4) is 0 Å². The number of nitrogens with one attached hydrogen (secondary N) is 1. The van der Waals surface area contributed by atoms with Gasteiger partial charge in [-0.05, 0) is 38.7 Å². The fraction of sp³-hybridized carbons (Fsp3) is 0.765. The SMILES string of the molecule is CCNC(=NCCCn1cc(C)cn1)N1CCC2(CCOC2)C1. The molecule has 2 fully saturated rings. The van der Waals surface area contributed by atoms with Gasteiger partial charge in [0.05, 0.1) is 12.8 Å². The Kier molecular flexibility index (Phi) is 5.20. The number of guanidine groups is 1. The summed E-state index contributed by atoms with van der Waals surface area (Å²) < 4.78 is 7.62. The van der Waals surface area contributed by atoms with Gasteiger partial charge in [0.2, 0.25) is 0 Å².